The van der Waals surface area contributed by atoms with Crippen molar-refractivity contribution in [3.05, 3.63) is 65.6 Å². The summed E-state index contributed by atoms with van der Waals surface area (Å²) in [7, 11) is 4.02. The third kappa shape index (κ3) is 6.64. The highest BCUT2D eigenvalue weighted by atomic mass is 32.2. The fraction of sp³-hybridized carbons (Fsp3) is 0.370. The lowest BCUT2D eigenvalue weighted by atomic mass is 10.0. The molecule has 0 fully saturated rings. The molecule has 0 aliphatic heterocycles. The second-order valence-electron chi connectivity index (χ2n) is 9.53. The first-order valence-electron chi connectivity index (χ1n) is 11.3. The summed E-state index contributed by atoms with van der Waals surface area (Å²) in [4.78, 5) is 13.0. The third-order valence-corrected chi connectivity index (χ3v) is 6.00. The van der Waals surface area contributed by atoms with Crippen LogP contribution in [0.4, 0.5) is 9.18 Å². The third-order valence-electron chi connectivity index (χ3n) is 5.17. The van der Waals surface area contributed by atoms with Gasteiger partial charge in [-0.1, -0.05) is 29.8 Å². The van der Waals surface area contributed by atoms with Crippen LogP contribution in [0, 0.1) is 13.8 Å². The van der Waals surface area contributed by atoms with E-state index in [4.69, 9.17) is 4.74 Å². The number of hydrogen-bond acceptors (Lipinski definition) is 4. The number of fused-ring (bicyclic) bond motifs is 1. The largest absolute Gasteiger partial charge is 0.444 e. The van der Waals surface area contributed by atoms with E-state index < -0.39 is 11.7 Å². The molecule has 1 amide bonds. The molecule has 5 nitrogen and oxygen atoms in total. The standard InChI is InChI=1S/C27H34FN3O2S/c1-18-9-8-10-20(15-18)25-19(2)31(24-12-11-22(16-23(24)25)34-30(6)7)17-21(28)13-14-29-26(32)33-27(3,4)5/h8-13,15-16H,14,17H2,1-7H3,(H,29,32)/b21-13-. The van der Waals surface area contributed by atoms with Gasteiger partial charge in [-0.3, -0.25) is 4.31 Å². The van der Waals surface area contributed by atoms with Crippen LogP contribution >= 0.6 is 11.9 Å². The summed E-state index contributed by atoms with van der Waals surface area (Å²) in [5.41, 5.74) is 4.78. The molecule has 3 aromatic rings. The average Bonchev–Trinajstić information content (AvgIpc) is 2.97. The van der Waals surface area contributed by atoms with Crippen molar-refractivity contribution in [2.75, 3.05) is 20.6 Å². The predicted molar refractivity (Wildman–Crippen MR) is 140 cm³/mol. The van der Waals surface area contributed by atoms with Crippen LogP contribution in [-0.2, 0) is 11.3 Å². The fourth-order valence-corrected chi connectivity index (χ4v) is 4.59. The van der Waals surface area contributed by atoms with Crippen molar-refractivity contribution in [3.8, 4) is 11.1 Å². The van der Waals surface area contributed by atoms with E-state index in [9.17, 15) is 9.18 Å². The SMILES string of the molecule is Cc1cccc(-c2c(C)n(C/C(F)=C/CNC(=O)OC(C)(C)C)c3ccc(SN(C)C)cc23)c1. The molecule has 0 atom stereocenters. The quantitative estimate of drug-likeness (QED) is 0.373. The van der Waals surface area contributed by atoms with Crippen molar-refractivity contribution in [1.29, 1.82) is 0 Å². The number of nitrogens with one attached hydrogen (secondary N) is 1. The normalized spacial score (nSPS) is 12.4. The van der Waals surface area contributed by atoms with Gasteiger partial charge in [-0.05, 0) is 90.5 Å². The number of aromatic nitrogens is 1. The molecule has 2 aromatic carbocycles. The first-order valence-corrected chi connectivity index (χ1v) is 12.1. The first kappa shape index (κ1) is 25.8. The van der Waals surface area contributed by atoms with Crippen LogP contribution in [0.1, 0.15) is 32.0 Å². The van der Waals surface area contributed by atoms with Crippen LogP contribution < -0.4 is 5.32 Å². The zero-order valence-corrected chi connectivity index (χ0v) is 21.8. The van der Waals surface area contributed by atoms with Gasteiger partial charge in [-0.25, -0.2) is 9.18 Å². The van der Waals surface area contributed by atoms with Gasteiger partial charge in [-0.2, -0.15) is 0 Å². The second-order valence-corrected chi connectivity index (χ2v) is 10.9. The molecule has 0 aliphatic carbocycles. The highest BCUT2D eigenvalue weighted by Crippen LogP contribution is 2.37. The molecule has 0 aliphatic rings. The Morgan fingerprint density at radius 1 is 1.18 bits per heavy atom. The van der Waals surface area contributed by atoms with Crippen molar-refractivity contribution < 1.29 is 13.9 Å². The summed E-state index contributed by atoms with van der Waals surface area (Å²) in [6, 6.07) is 14.7. The van der Waals surface area contributed by atoms with Crippen molar-refractivity contribution >= 4 is 28.9 Å². The van der Waals surface area contributed by atoms with E-state index in [0.717, 1.165) is 32.6 Å². The van der Waals surface area contributed by atoms with Gasteiger partial charge in [0.05, 0.1) is 6.54 Å². The summed E-state index contributed by atoms with van der Waals surface area (Å²) in [5, 5.41) is 3.67. The molecule has 0 saturated heterocycles. The van der Waals surface area contributed by atoms with Crippen LogP contribution in [0.15, 0.2) is 59.3 Å². The van der Waals surface area contributed by atoms with Gasteiger partial charge < -0.3 is 14.6 Å². The number of benzene rings is 2. The molecule has 1 aromatic heterocycles. The molecule has 0 spiro atoms. The number of allylic oxidation sites excluding steroid dienone is 1. The molecule has 1 heterocycles. The van der Waals surface area contributed by atoms with Crippen molar-refractivity contribution in [1.82, 2.24) is 14.2 Å². The lowest BCUT2D eigenvalue weighted by Gasteiger charge is -2.19. The number of rotatable bonds is 7. The minimum atomic E-state index is -0.594. The Labute approximate surface area is 206 Å². The molecule has 1 N–H and O–H groups in total. The Kier molecular flexibility index (Phi) is 8.10. The number of amides is 1. The average molecular weight is 484 g/mol. The topological polar surface area (TPSA) is 46.5 Å². The maximum absolute atomic E-state index is 14.9. The number of hydrogen-bond donors (Lipinski definition) is 1. The van der Waals surface area contributed by atoms with E-state index in [1.165, 1.54) is 11.6 Å². The van der Waals surface area contributed by atoms with Gasteiger partial charge in [0.1, 0.15) is 11.4 Å². The highest BCUT2D eigenvalue weighted by Gasteiger charge is 2.18. The number of alkyl carbamates (subject to hydrolysis) is 1. The van der Waals surface area contributed by atoms with Crippen molar-refractivity contribution in [2.24, 2.45) is 0 Å². The molecule has 3 rings (SSSR count). The number of nitrogens with zero attached hydrogens (tertiary/aromatic N) is 2. The molecular formula is C27H34FN3O2S. The smallest absolute Gasteiger partial charge is 0.407 e. The van der Waals surface area contributed by atoms with Gasteiger partial charge >= 0.3 is 6.09 Å². The van der Waals surface area contributed by atoms with Crippen LogP contribution in [0.5, 0.6) is 0 Å². The maximum atomic E-state index is 14.9. The van der Waals surface area contributed by atoms with E-state index >= 15 is 0 Å². The zero-order chi connectivity index (χ0) is 25.0. The lowest BCUT2D eigenvalue weighted by Crippen LogP contribution is -2.32. The molecule has 0 saturated carbocycles. The molecule has 0 bridgehead atoms. The number of carbonyl (C=O) groups is 1. The van der Waals surface area contributed by atoms with E-state index in [2.05, 4.69) is 59.0 Å². The fourth-order valence-electron chi connectivity index (χ4n) is 3.87. The first-order chi connectivity index (χ1) is 15.9. The molecule has 182 valence electrons. The summed E-state index contributed by atoms with van der Waals surface area (Å²) < 4.78 is 24.2. The Bertz CT molecular complexity index is 1210. The second kappa shape index (κ2) is 10.7. The molecule has 0 unspecified atom stereocenters. The van der Waals surface area contributed by atoms with Crippen molar-refractivity contribution in [2.45, 2.75) is 51.7 Å². The maximum Gasteiger partial charge on any atom is 0.407 e. The number of aryl methyl sites for hydroxylation is 1. The number of carbonyl (C=O) groups excluding carboxylic acids is 1. The highest BCUT2D eigenvalue weighted by molar-refractivity contribution is 7.97. The van der Waals surface area contributed by atoms with E-state index in [1.54, 1.807) is 32.7 Å². The van der Waals surface area contributed by atoms with E-state index in [-0.39, 0.29) is 18.9 Å². The van der Waals surface area contributed by atoms with Crippen LogP contribution in [-0.4, -0.2) is 41.2 Å². The monoisotopic (exact) mass is 483 g/mol. The lowest BCUT2D eigenvalue weighted by molar-refractivity contribution is 0.0534. The molecule has 34 heavy (non-hydrogen) atoms. The Morgan fingerprint density at radius 3 is 2.56 bits per heavy atom. The zero-order valence-electron chi connectivity index (χ0n) is 21.0. The number of ether oxygens (including phenoxy) is 1. The Hall–Kier alpha value is -2.77. The summed E-state index contributed by atoms with van der Waals surface area (Å²) in [6.07, 6.45) is 0.824. The Morgan fingerprint density at radius 2 is 1.91 bits per heavy atom. The van der Waals surface area contributed by atoms with Gasteiger partial charge in [0.25, 0.3) is 0 Å². The van der Waals surface area contributed by atoms with E-state index in [0.29, 0.717) is 0 Å². The molecule has 7 heteroatoms. The minimum absolute atomic E-state index is 0.0629. The summed E-state index contributed by atoms with van der Waals surface area (Å²) in [6.45, 7) is 9.62. The number of halogens is 1. The van der Waals surface area contributed by atoms with Crippen LogP contribution in [0.3, 0.4) is 0 Å². The molecular weight excluding hydrogens is 449 g/mol. The van der Waals surface area contributed by atoms with Crippen molar-refractivity contribution in [3.63, 3.8) is 0 Å². The van der Waals surface area contributed by atoms with Gasteiger partial charge in [-0.15, -0.1) is 0 Å². The summed E-state index contributed by atoms with van der Waals surface area (Å²) >= 11 is 1.65. The van der Waals surface area contributed by atoms with Gasteiger partial charge in [0.15, 0.2) is 0 Å². The van der Waals surface area contributed by atoms with Gasteiger partial charge in [0.2, 0.25) is 0 Å². The van der Waals surface area contributed by atoms with Crippen LogP contribution in [0.2, 0.25) is 0 Å². The summed E-state index contributed by atoms with van der Waals surface area (Å²) in [5.74, 6) is -0.321. The van der Waals surface area contributed by atoms with Crippen LogP contribution in [0.25, 0.3) is 22.0 Å². The predicted octanol–water partition coefficient (Wildman–Crippen LogP) is 6.87. The Balaban J connectivity index is 1.94. The van der Waals surface area contributed by atoms with Gasteiger partial charge in [0, 0.05) is 33.6 Å². The van der Waals surface area contributed by atoms with E-state index in [1.807, 2.05) is 25.6 Å². The minimum Gasteiger partial charge on any atom is -0.444 e. The molecule has 0 radical (unpaired) electrons.